The molecule has 8 heteroatoms. The molecule has 0 aliphatic rings. The van der Waals surface area contributed by atoms with Crippen molar-refractivity contribution in [2.24, 2.45) is 5.92 Å². The highest BCUT2D eigenvalue weighted by Crippen LogP contribution is 2.19. The van der Waals surface area contributed by atoms with Crippen LogP contribution in [0.1, 0.15) is 29.8 Å². The number of aromatic nitrogens is 1. The van der Waals surface area contributed by atoms with E-state index in [9.17, 15) is 14.0 Å². The van der Waals surface area contributed by atoms with Gasteiger partial charge < -0.3 is 15.4 Å². The molecule has 0 aliphatic heterocycles. The van der Waals surface area contributed by atoms with Crippen molar-refractivity contribution >= 4 is 23.4 Å². The summed E-state index contributed by atoms with van der Waals surface area (Å²) in [5, 5.41) is 6.13. The van der Waals surface area contributed by atoms with Crippen LogP contribution in [0.25, 0.3) is 0 Å². The lowest BCUT2D eigenvalue weighted by Gasteiger charge is -2.22. The van der Waals surface area contributed by atoms with Gasteiger partial charge in [-0.15, -0.1) is 0 Å². The number of nitrogens with one attached hydrogen (secondary N) is 2. The molecule has 0 aliphatic carbocycles. The van der Waals surface area contributed by atoms with Crippen LogP contribution in [0, 0.1) is 11.7 Å². The van der Waals surface area contributed by atoms with Gasteiger partial charge in [-0.25, -0.2) is 9.37 Å². The molecule has 0 bridgehead atoms. The Bertz CT molecular complexity index is 1060. The molecule has 0 saturated carbocycles. The summed E-state index contributed by atoms with van der Waals surface area (Å²) >= 11 is 5.86. The fourth-order valence-corrected chi connectivity index (χ4v) is 2.99. The Morgan fingerprint density at radius 1 is 1.03 bits per heavy atom. The number of amides is 2. The van der Waals surface area contributed by atoms with Gasteiger partial charge in [-0.3, -0.25) is 9.59 Å². The van der Waals surface area contributed by atoms with Gasteiger partial charge in [0.2, 0.25) is 11.8 Å². The highest BCUT2D eigenvalue weighted by molar-refractivity contribution is 6.30. The Balaban J connectivity index is 1.55. The van der Waals surface area contributed by atoms with Crippen LogP contribution in [0.2, 0.25) is 5.02 Å². The third-order valence-electron chi connectivity index (χ3n) is 4.64. The summed E-state index contributed by atoms with van der Waals surface area (Å²) in [4.78, 5) is 29.4. The Kier molecular flexibility index (Phi) is 7.78. The molecule has 0 radical (unpaired) electrons. The van der Waals surface area contributed by atoms with E-state index in [1.54, 1.807) is 42.6 Å². The van der Waals surface area contributed by atoms with Gasteiger partial charge in [0.25, 0.3) is 5.91 Å². The average molecular weight is 456 g/mol. The van der Waals surface area contributed by atoms with E-state index in [4.69, 9.17) is 16.3 Å². The van der Waals surface area contributed by atoms with Gasteiger partial charge in [-0.2, -0.15) is 0 Å². The quantitative estimate of drug-likeness (QED) is 0.514. The largest absolute Gasteiger partial charge is 0.439 e. The van der Waals surface area contributed by atoms with Gasteiger partial charge >= 0.3 is 0 Å². The Hall–Kier alpha value is -3.45. The molecule has 0 spiro atoms. The maximum Gasteiger partial charge on any atom is 0.251 e. The van der Waals surface area contributed by atoms with E-state index in [0.717, 1.165) is 5.56 Å². The lowest BCUT2D eigenvalue weighted by Crippen LogP contribution is -2.49. The number of nitrogens with zero attached hydrogens (tertiary/aromatic N) is 1. The topological polar surface area (TPSA) is 80.3 Å². The second-order valence-electron chi connectivity index (χ2n) is 7.48. The van der Waals surface area contributed by atoms with E-state index >= 15 is 0 Å². The van der Waals surface area contributed by atoms with Crippen LogP contribution in [0.15, 0.2) is 66.9 Å². The number of halogens is 2. The summed E-state index contributed by atoms with van der Waals surface area (Å²) in [5.41, 5.74) is 1.19. The van der Waals surface area contributed by atoms with Crippen molar-refractivity contribution in [3.05, 3.63) is 88.8 Å². The van der Waals surface area contributed by atoms with Crippen molar-refractivity contribution in [3.63, 3.8) is 0 Å². The fraction of sp³-hybridized carbons (Fsp3) is 0.208. The predicted molar refractivity (Wildman–Crippen MR) is 120 cm³/mol. The van der Waals surface area contributed by atoms with E-state index in [-0.39, 0.29) is 30.1 Å². The first-order valence-electron chi connectivity index (χ1n) is 10.0. The number of hydrogen-bond donors (Lipinski definition) is 2. The first kappa shape index (κ1) is 23.2. The minimum Gasteiger partial charge on any atom is -0.439 e. The van der Waals surface area contributed by atoms with Crippen molar-refractivity contribution in [3.8, 4) is 11.6 Å². The number of ether oxygens (including phenoxy) is 1. The number of hydrogen-bond acceptors (Lipinski definition) is 4. The van der Waals surface area contributed by atoms with E-state index in [0.29, 0.717) is 22.2 Å². The Labute approximate surface area is 190 Å². The number of rotatable bonds is 8. The van der Waals surface area contributed by atoms with Crippen molar-refractivity contribution in [1.29, 1.82) is 0 Å². The van der Waals surface area contributed by atoms with Gasteiger partial charge in [0.1, 0.15) is 17.6 Å². The summed E-state index contributed by atoms with van der Waals surface area (Å²) in [7, 11) is 0. The van der Waals surface area contributed by atoms with Gasteiger partial charge in [0.15, 0.2) is 0 Å². The minimum absolute atomic E-state index is 0.115. The highest BCUT2D eigenvalue weighted by atomic mass is 35.5. The molecule has 166 valence electrons. The number of carbonyl (C=O) groups is 2. The van der Waals surface area contributed by atoms with Crippen LogP contribution in [0.3, 0.4) is 0 Å². The van der Waals surface area contributed by atoms with Crippen molar-refractivity contribution in [2.45, 2.75) is 26.4 Å². The van der Waals surface area contributed by atoms with Crippen LogP contribution >= 0.6 is 11.6 Å². The van der Waals surface area contributed by atoms with Gasteiger partial charge in [0, 0.05) is 29.4 Å². The second kappa shape index (κ2) is 10.7. The highest BCUT2D eigenvalue weighted by Gasteiger charge is 2.24. The van der Waals surface area contributed by atoms with Crippen LogP contribution in [-0.4, -0.2) is 22.8 Å². The average Bonchev–Trinajstić information content (AvgIpc) is 2.78. The third kappa shape index (κ3) is 6.52. The van der Waals surface area contributed by atoms with Gasteiger partial charge in [-0.05, 0) is 60.0 Å². The summed E-state index contributed by atoms with van der Waals surface area (Å²) in [6.07, 6.45) is 1.58. The molecule has 0 saturated heterocycles. The van der Waals surface area contributed by atoms with Gasteiger partial charge in [0.05, 0.1) is 0 Å². The smallest absolute Gasteiger partial charge is 0.251 e. The Morgan fingerprint density at radius 2 is 1.72 bits per heavy atom. The molecule has 6 nitrogen and oxygen atoms in total. The van der Waals surface area contributed by atoms with Crippen molar-refractivity contribution < 1.29 is 18.7 Å². The summed E-state index contributed by atoms with van der Waals surface area (Å²) in [5.74, 6) is -0.289. The third-order valence-corrected chi connectivity index (χ3v) is 4.89. The zero-order chi connectivity index (χ0) is 23.1. The number of benzene rings is 2. The lowest BCUT2D eigenvalue weighted by atomic mass is 10.0. The molecule has 0 fully saturated rings. The van der Waals surface area contributed by atoms with Crippen LogP contribution in [-0.2, 0) is 11.3 Å². The van der Waals surface area contributed by atoms with Crippen LogP contribution in [0.5, 0.6) is 11.6 Å². The number of carbonyl (C=O) groups excluding carboxylic acids is 2. The van der Waals surface area contributed by atoms with E-state index in [2.05, 4.69) is 15.6 Å². The zero-order valence-electron chi connectivity index (χ0n) is 17.6. The second-order valence-corrected chi connectivity index (χ2v) is 7.92. The maximum absolute atomic E-state index is 13.0. The molecule has 2 amide bonds. The lowest BCUT2D eigenvalue weighted by molar-refractivity contribution is -0.124. The minimum atomic E-state index is -0.702. The molecule has 32 heavy (non-hydrogen) atoms. The monoisotopic (exact) mass is 455 g/mol. The summed E-state index contributed by atoms with van der Waals surface area (Å²) in [6.45, 7) is 3.95. The molecular weight excluding hydrogens is 433 g/mol. The molecule has 1 atom stereocenters. The molecule has 1 unspecified atom stereocenters. The summed E-state index contributed by atoms with van der Waals surface area (Å²) in [6, 6.07) is 14.8. The molecule has 2 N–H and O–H groups in total. The van der Waals surface area contributed by atoms with Crippen LogP contribution < -0.4 is 15.4 Å². The van der Waals surface area contributed by atoms with Crippen molar-refractivity contribution in [1.82, 2.24) is 15.6 Å². The summed E-state index contributed by atoms with van der Waals surface area (Å²) < 4.78 is 18.5. The standard InChI is InChI=1S/C24H23ClFN3O3/c1-15(2)22(29-23(30)17-4-6-18(25)7-5-17)24(31)28-14-16-3-12-21(27-13-16)32-20-10-8-19(26)9-11-20/h3-13,15,22H,14H2,1-2H3,(H,28,31)(H,29,30). The molecule has 3 aromatic rings. The molecule has 3 rings (SSSR count). The number of pyridine rings is 1. The first-order chi connectivity index (χ1) is 15.3. The van der Waals surface area contributed by atoms with Crippen molar-refractivity contribution in [2.75, 3.05) is 0 Å². The van der Waals surface area contributed by atoms with E-state index in [1.165, 1.54) is 24.3 Å². The molecule has 2 aromatic carbocycles. The molecular formula is C24H23ClFN3O3. The van der Waals surface area contributed by atoms with Gasteiger partial charge in [-0.1, -0.05) is 31.5 Å². The molecule has 1 heterocycles. The van der Waals surface area contributed by atoms with E-state index in [1.807, 2.05) is 13.8 Å². The molecule has 1 aromatic heterocycles. The maximum atomic E-state index is 13.0. The SMILES string of the molecule is CC(C)C(NC(=O)c1ccc(Cl)cc1)C(=O)NCc1ccc(Oc2ccc(F)cc2)nc1. The Morgan fingerprint density at radius 3 is 2.31 bits per heavy atom. The normalized spacial score (nSPS) is 11.7. The van der Waals surface area contributed by atoms with E-state index < -0.39 is 6.04 Å². The first-order valence-corrected chi connectivity index (χ1v) is 10.4. The van der Waals surface area contributed by atoms with Crippen LogP contribution in [0.4, 0.5) is 4.39 Å². The fourth-order valence-electron chi connectivity index (χ4n) is 2.86. The predicted octanol–water partition coefficient (Wildman–Crippen LogP) is 4.74. The zero-order valence-corrected chi connectivity index (χ0v) is 18.4.